The van der Waals surface area contributed by atoms with Gasteiger partial charge in [-0.1, -0.05) is 0 Å². The fourth-order valence-electron chi connectivity index (χ4n) is 1.81. The molecule has 23 heavy (non-hydrogen) atoms. The lowest BCUT2D eigenvalue weighted by atomic mass is 9.74. The van der Waals surface area contributed by atoms with E-state index in [-0.39, 0.29) is 5.69 Å². The highest BCUT2D eigenvalue weighted by molar-refractivity contribution is 7.13. The predicted octanol–water partition coefficient (Wildman–Crippen LogP) is 2.16. The van der Waals surface area contributed by atoms with Crippen LogP contribution in [-0.4, -0.2) is 37.3 Å². The van der Waals surface area contributed by atoms with Gasteiger partial charge in [-0.15, -0.1) is 11.3 Å². The van der Waals surface area contributed by atoms with Gasteiger partial charge in [0.1, 0.15) is 10.7 Å². The summed E-state index contributed by atoms with van der Waals surface area (Å²) in [5.41, 5.74) is -0.955. The second-order valence-corrected chi connectivity index (χ2v) is 7.31. The molecule has 0 aliphatic heterocycles. The summed E-state index contributed by atoms with van der Waals surface area (Å²) in [4.78, 5) is 28.1. The van der Waals surface area contributed by atoms with Crippen LogP contribution in [0.5, 0.6) is 0 Å². The smallest absolute Gasteiger partial charge is 0.311 e. The third-order valence-electron chi connectivity index (χ3n) is 4.21. The molecule has 2 aromatic heterocycles. The Morgan fingerprint density at radius 1 is 1.30 bits per heavy atom. The van der Waals surface area contributed by atoms with E-state index in [2.05, 4.69) is 15.4 Å². The molecule has 2 N–H and O–H groups in total. The van der Waals surface area contributed by atoms with Crippen molar-refractivity contribution >= 4 is 23.2 Å². The van der Waals surface area contributed by atoms with Gasteiger partial charge in [0.25, 0.3) is 5.91 Å². The van der Waals surface area contributed by atoms with Crippen molar-refractivity contribution in [3.8, 4) is 10.6 Å². The number of thiazole rings is 1. The van der Waals surface area contributed by atoms with Gasteiger partial charge in [-0.3, -0.25) is 14.3 Å². The average molecular weight is 336 g/mol. The molecule has 7 nitrogen and oxygen atoms in total. The first-order valence-corrected chi connectivity index (χ1v) is 7.93. The van der Waals surface area contributed by atoms with E-state index >= 15 is 0 Å². The molecule has 2 heterocycles. The quantitative estimate of drug-likeness (QED) is 0.872. The SMILES string of the molecule is Cn1cc(-c2nc(C(=O)NC(C)(C)C(C)(C)C(=O)O)cs2)cn1. The predicted molar refractivity (Wildman–Crippen MR) is 87.3 cm³/mol. The number of aryl methyl sites for hydroxylation is 1. The molecule has 0 radical (unpaired) electrons. The van der Waals surface area contributed by atoms with Crippen molar-refractivity contribution < 1.29 is 14.7 Å². The lowest BCUT2D eigenvalue weighted by molar-refractivity contribution is -0.150. The average Bonchev–Trinajstić information content (AvgIpc) is 3.06. The van der Waals surface area contributed by atoms with Crippen LogP contribution in [0.2, 0.25) is 0 Å². The van der Waals surface area contributed by atoms with Crippen molar-refractivity contribution in [3.05, 3.63) is 23.5 Å². The Hall–Kier alpha value is -2.22. The Bertz CT molecular complexity index is 745. The van der Waals surface area contributed by atoms with Crippen LogP contribution in [0.1, 0.15) is 38.2 Å². The summed E-state index contributed by atoms with van der Waals surface area (Å²) in [6.45, 7) is 6.54. The minimum atomic E-state index is -1.12. The molecular formula is C15H20N4O3S. The molecule has 0 aliphatic rings. The van der Waals surface area contributed by atoms with Gasteiger partial charge >= 0.3 is 5.97 Å². The number of nitrogens with zero attached hydrogens (tertiary/aromatic N) is 3. The third-order valence-corrected chi connectivity index (χ3v) is 5.10. The van der Waals surface area contributed by atoms with Crippen molar-refractivity contribution in [2.24, 2.45) is 12.5 Å². The monoisotopic (exact) mass is 336 g/mol. The Kier molecular flexibility index (Phi) is 4.30. The van der Waals surface area contributed by atoms with E-state index in [9.17, 15) is 14.7 Å². The first-order valence-electron chi connectivity index (χ1n) is 7.05. The number of carbonyl (C=O) groups excluding carboxylic acids is 1. The molecule has 0 aliphatic carbocycles. The molecule has 0 unspecified atom stereocenters. The molecule has 0 bridgehead atoms. The minimum absolute atomic E-state index is 0.267. The zero-order chi connectivity index (χ0) is 17.4. The maximum atomic E-state index is 12.4. The van der Waals surface area contributed by atoms with Crippen LogP contribution in [0.4, 0.5) is 0 Å². The van der Waals surface area contributed by atoms with Crippen LogP contribution >= 0.6 is 11.3 Å². The highest BCUT2D eigenvalue weighted by Crippen LogP contribution is 2.31. The fraction of sp³-hybridized carbons (Fsp3) is 0.467. The summed E-state index contributed by atoms with van der Waals surface area (Å²) in [6, 6.07) is 0. The lowest BCUT2D eigenvalue weighted by Gasteiger charge is -2.38. The van der Waals surface area contributed by atoms with E-state index in [1.165, 1.54) is 11.3 Å². The molecule has 0 aromatic carbocycles. The Morgan fingerprint density at radius 3 is 2.48 bits per heavy atom. The van der Waals surface area contributed by atoms with Crippen molar-refractivity contribution in [1.29, 1.82) is 0 Å². The second-order valence-electron chi connectivity index (χ2n) is 6.45. The number of aliphatic carboxylic acids is 1. The van der Waals surface area contributed by atoms with Crippen molar-refractivity contribution in [1.82, 2.24) is 20.1 Å². The molecule has 2 aromatic rings. The maximum absolute atomic E-state index is 12.4. The Balaban J connectivity index is 2.19. The topological polar surface area (TPSA) is 97.1 Å². The zero-order valence-electron chi connectivity index (χ0n) is 13.7. The first kappa shape index (κ1) is 17.1. The Morgan fingerprint density at radius 2 is 1.96 bits per heavy atom. The maximum Gasteiger partial charge on any atom is 0.311 e. The molecule has 124 valence electrons. The number of carboxylic acid groups (broad SMARTS) is 1. The van der Waals surface area contributed by atoms with Crippen molar-refractivity contribution in [2.75, 3.05) is 0 Å². The number of hydrogen-bond donors (Lipinski definition) is 2. The highest BCUT2D eigenvalue weighted by atomic mass is 32.1. The molecule has 0 saturated carbocycles. The second kappa shape index (κ2) is 5.77. The number of rotatable bonds is 5. The van der Waals surface area contributed by atoms with Gasteiger partial charge in [0.05, 0.1) is 17.2 Å². The van der Waals surface area contributed by atoms with Gasteiger partial charge in [0.15, 0.2) is 0 Å². The molecule has 0 atom stereocenters. The van der Waals surface area contributed by atoms with E-state index < -0.39 is 22.8 Å². The number of hydrogen-bond acceptors (Lipinski definition) is 5. The van der Waals surface area contributed by atoms with Crippen LogP contribution < -0.4 is 5.32 Å². The summed E-state index contributed by atoms with van der Waals surface area (Å²) >= 11 is 1.34. The molecule has 2 rings (SSSR count). The summed E-state index contributed by atoms with van der Waals surface area (Å²) in [6.07, 6.45) is 3.50. The number of amides is 1. The first-order chi connectivity index (χ1) is 10.5. The molecule has 1 amide bonds. The van der Waals surface area contributed by atoms with Gasteiger partial charge in [0.2, 0.25) is 0 Å². The van der Waals surface area contributed by atoms with Gasteiger partial charge in [0, 0.05) is 24.2 Å². The van der Waals surface area contributed by atoms with Crippen LogP contribution in [0.25, 0.3) is 10.6 Å². The van der Waals surface area contributed by atoms with Crippen LogP contribution in [0.3, 0.4) is 0 Å². The number of carbonyl (C=O) groups is 2. The summed E-state index contributed by atoms with van der Waals surface area (Å²) < 4.78 is 1.66. The molecule has 8 heteroatoms. The Labute approximate surface area is 138 Å². The van der Waals surface area contributed by atoms with Crippen molar-refractivity contribution in [2.45, 2.75) is 33.2 Å². The molecule has 0 saturated heterocycles. The van der Waals surface area contributed by atoms with E-state index in [4.69, 9.17) is 0 Å². The highest BCUT2D eigenvalue weighted by Gasteiger charge is 2.44. The van der Waals surface area contributed by atoms with Gasteiger partial charge in [-0.05, 0) is 27.7 Å². The third kappa shape index (κ3) is 3.26. The summed E-state index contributed by atoms with van der Waals surface area (Å²) in [5, 5.41) is 18.5. The molecule has 0 spiro atoms. The van der Waals surface area contributed by atoms with Gasteiger partial charge in [-0.2, -0.15) is 5.10 Å². The lowest BCUT2D eigenvalue weighted by Crippen LogP contribution is -2.57. The summed E-state index contributed by atoms with van der Waals surface area (Å²) in [5.74, 6) is -1.37. The van der Waals surface area contributed by atoms with E-state index in [1.54, 1.807) is 51.0 Å². The van der Waals surface area contributed by atoms with E-state index in [0.717, 1.165) is 5.56 Å². The molecule has 0 fully saturated rings. The van der Waals surface area contributed by atoms with Crippen LogP contribution in [0.15, 0.2) is 17.8 Å². The van der Waals surface area contributed by atoms with Crippen LogP contribution in [0, 0.1) is 5.41 Å². The van der Waals surface area contributed by atoms with E-state index in [0.29, 0.717) is 5.01 Å². The van der Waals surface area contributed by atoms with Gasteiger partial charge < -0.3 is 10.4 Å². The van der Waals surface area contributed by atoms with Gasteiger partial charge in [-0.25, -0.2) is 4.98 Å². The largest absolute Gasteiger partial charge is 0.481 e. The standard InChI is InChI=1S/C15H20N4O3S/c1-14(2,13(21)22)15(3,4)18-11(20)10-8-23-12(17-10)9-6-16-19(5)7-9/h6-8H,1-5H3,(H,18,20)(H,21,22). The minimum Gasteiger partial charge on any atom is -0.481 e. The summed E-state index contributed by atoms with van der Waals surface area (Å²) in [7, 11) is 1.81. The normalized spacial score (nSPS) is 12.2. The van der Waals surface area contributed by atoms with E-state index in [1.807, 2.05) is 6.20 Å². The molecular weight excluding hydrogens is 316 g/mol. The van der Waals surface area contributed by atoms with Crippen LogP contribution in [-0.2, 0) is 11.8 Å². The number of aromatic nitrogens is 3. The zero-order valence-corrected chi connectivity index (χ0v) is 14.6. The number of nitrogens with one attached hydrogen (secondary N) is 1. The van der Waals surface area contributed by atoms with Crippen molar-refractivity contribution in [3.63, 3.8) is 0 Å². The number of carboxylic acids is 1. The fourth-order valence-corrected chi connectivity index (χ4v) is 2.59.